The normalized spacial score (nSPS) is 30.1. The molecule has 3 atom stereocenters. The molecule has 0 bridgehead atoms. The van der Waals surface area contributed by atoms with E-state index in [1.165, 1.54) is 19.3 Å². The van der Waals surface area contributed by atoms with E-state index in [4.69, 9.17) is 11.6 Å². The number of aromatic nitrogens is 2. The molecule has 1 N–H and O–H groups in total. The van der Waals surface area contributed by atoms with Gasteiger partial charge in [-0.2, -0.15) is 0 Å². The molecule has 0 saturated heterocycles. The van der Waals surface area contributed by atoms with Crippen molar-refractivity contribution in [2.45, 2.75) is 39.2 Å². The van der Waals surface area contributed by atoms with Gasteiger partial charge in [0.05, 0.1) is 0 Å². The van der Waals surface area contributed by atoms with Crippen molar-refractivity contribution in [3.63, 3.8) is 0 Å². The second kappa shape index (κ2) is 5.00. The Kier molecular flexibility index (Phi) is 3.64. The predicted octanol–water partition coefficient (Wildman–Crippen LogP) is 3.37. The van der Waals surface area contributed by atoms with Crippen LogP contribution >= 0.6 is 11.6 Å². The van der Waals surface area contributed by atoms with E-state index in [9.17, 15) is 0 Å². The van der Waals surface area contributed by atoms with Crippen molar-refractivity contribution in [3.05, 3.63) is 17.3 Å². The lowest BCUT2D eigenvalue weighted by Crippen LogP contribution is -2.33. The molecule has 0 radical (unpaired) electrons. The number of hydrogen-bond acceptors (Lipinski definition) is 3. The Labute approximate surface area is 102 Å². The molecule has 3 nitrogen and oxygen atoms in total. The average Bonchev–Trinajstić information content (AvgIpc) is 2.25. The van der Waals surface area contributed by atoms with Crippen molar-refractivity contribution >= 4 is 17.4 Å². The van der Waals surface area contributed by atoms with E-state index in [0.29, 0.717) is 17.1 Å². The van der Waals surface area contributed by atoms with Crippen molar-refractivity contribution in [1.29, 1.82) is 0 Å². The average molecular weight is 240 g/mol. The first kappa shape index (κ1) is 11.6. The Hall–Kier alpha value is -0.830. The summed E-state index contributed by atoms with van der Waals surface area (Å²) in [6, 6.07) is 4.18. The standard InChI is InChI=1S/C12H18ClN3/c1-8-3-4-10(9(2)7-8)14-12-6-5-11(13)15-16-12/h5-6,8-10H,3-4,7H2,1-2H3,(H,14,16). The first-order chi connectivity index (χ1) is 7.65. The minimum absolute atomic E-state index is 0.441. The molecule has 0 aromatic carbocycles. The van der Waals surface area contributed by atoms with Gasteiger partial charge in [0.25, 0.3) is 0 Å². The summed E-state index contributed by atoms with van der Waals surface area (Å²) in [7, 11) is 0. The monoisotopic (exact) mass is 239 g/mol. The molecular weight excluding hydrogens is 222 g/mol. The molecule has 88 valence electrons. The van der Waals surface area contributed by atoms with Crippen LogP contribution < -0.4 is 5.32 Å². The molecule has 16 heavy (non-hydrogen) atoms. The maximum atomic E-state index is 5.70. The lowest BCUT2D eigenvalue weighted by molar-refractivity contribution is 0.276. The lowest BCUT2D eigenvalue weighted by atomic mass is 9.80. The maximum Gasteiger partial charge on any atom is 0.151 e. The van der Waals surface area contributed by atoms with Gasteiger partial charge in [0, 0.05) is 6.04 Å². The van der Waals surface area contributed by atoms with E-state index in [2.05, 4.69) is 29.4 Å². The molecule has 3 unspecified atom stereocenters. The van der Waals surface area contributed by atoms with Gasteiger partial charge in [-0.3, -0.25) is 0 Å². The second-order valence-electron chi connectivity index (χ2n) is 4.89. The van der Waals surface area contributed by atoms with E-state index in [-0.39, 0.29) is 0 Å². The zero-order chi connectivity index (χ0) is 11.5. The van der Waals surface area contributed by atoms with Crippen molar-refractivity contribution in [1.82, 2.24) is 10.2 Å². The Morgan fingerprint density at radius 3 is 2.69 bits per heavy atom. The van der Waals surface area contributed by atoms with Crippen LogP contribution in [0.3, 0.4) is 0 Å². The van der Waals surface area contributed by atoms with Gasteiger partial charge >= 0.3 is 0 Å². The van der Waals surface area contributed by atoms with Crippen molar-refractivity contribution in [3.8, 4) is 0 Å². The fourth-order valence-electron chi connectivity index (χ4n) is 2.46. The van der Waals surface area contributed by atoms with Gasteiger partial charge in [0.1, 0.15) is 5.82 Å². The van der Waals surface area contributed by atoms with Gasteiger partial charge in [0.15, 0.2) is 5.15 Å². The highest BCUT2D eigenvalue weighted by Gasteiger charge is 2.25. The Morgan fingerprint density at radius 2 is 2.06 bits per heavy atom. The molecule has 2 rings (SSSR count). The van der Waals surface area contributed by atoms with Crippen LogP contribution in [0.5, 0.6) is 0 Å². The van der Waals surface area contributed by atoms with E-state index in [1.807, 2.05) is 6.07 Å². The number of rotatable bonds is 2. The van der Waals surface area contributed by atoms with Crippen LogP contribution in [0.25, 0.3) is 0 Å². The molecule has 0 spiro atoms. The molecule has 1 heterocycles. The Morgan fingerprint density at radius 1 is 1.25 bits per heavy atom. The van der Waals surface area contributed by atoms with E-state index < -0.39 is 0 Å². The molecule has 0 aliphatic heterocycles. The number of nitrogens with zero attached hydrogens (tertiary/aromatic N) is 2. The minimum atomic E-state index is 0.441. The van der Waals surface area contributed by atoms with E-state index in [1.54, 1.807) is 6.07 Å². The third-order valence-electron chi connectivity index (χ3n) is 3.40. The summed E-state index contributed by atoms with van der Waals surface area (Å²) in [4.78, 5) is 0. The van der Waals surface area contributed by atoms with Gasteiger partial charge in [-0.1, -0.05) is 25.4 Å². The predicted molar refractivity (Wildman–Crippen MR) is 66.6 cm³/mol. The zero-order valence-electron chi connectivity index (χ0n) is 9.78. The molecular formula is C12H18ClN3. The number of nitrogens with one attached hydrogen (secondary N) is 1. The first-order valence-corrected chi connectivity index (χ1v) is 6.28. The topological polar surface area (TPSA) is 37.8 Å². The third-order valence-corrected chi connectivity index (χ3v) is 3.60. The van der Waals surface area contributed by atoms with Crippen LogP contribution in [0.4, 0.5) is 5.82 Å². The summed E-state index contributed by atoms with van der Waals surface area (Å²) in [5.41, 5.74) is 0. The van der Waals surface area contributed by atoms with Crippen LogP contribution in [0.1, 0.15) is 33.1 Å². The lowest BCUT2D eigenvalue weighted by Gasteiger charge is -2.33. The summed E-state index contributed by atoms with van der Waals surface area (Å²) in [6.07, 6.45) is 3.80. The Bertz CT molecular complexity index is 339. The highest BCUT2D eigenvalue weighted by molar-refractivity contribution is 6.29. The van der Waals surface area contributed by atoms with E-state index in [0.717, 1.165) is 11.7 Å². The van der Waals surface area contributed by atoms with Crippen LogP contribution in [0, 0.1) is 11.8 Å². The quantitative estimate of drug-likeness (QED) is 0.860. The molecule has 1 aliphatic carbocycles. The first-order valence-electron chi connectivity index (χ1n) is 5.91. The van der Waals surface area contributed by atoms with Crippen molar-refractivity contribution in [2.24, 2.45) is 11.8 Å². The highest BCUT2D eigenvalue weighted by atomic mass is 35.5. The number of halogens is 1. The SMILES string of the molecule is CC1CCC(Nc2ccc(Cl)nn2)C(C)C1. The highest BCUT2D eigenvalue weighted by Crippen LogP contribution is 2.30. The van der Waals surface area contributed by atoms with Crippen molar-refractivity contribution < 1.29 is 0 Å². The fourth-order valence-corrected chi connectivity index (χ4v) is 2.56. The molecule has 1 aliphatic rings. The molecule has 1 aromatic heterocycles. The third kappa shape index (κ3) is 2.85. The smallest absolute Gasteiger partial charge is 0.151 e. The van der Waals surface area contributed by atoms with Crippen LogP contribution in [-0.4, -0.2) is 16.2 Å². The summed E-state index contributed by atoms with van der Waals surface area (Å²) < 4.78 is 0. The fraction of sp³-hybridized carbons (Fsp3) is 0.667. The van der Waals surface area contributed by atoms with Crippen LogP contribution in [-0.2, 0) is 0 Å². The molecule has 1 fully saturated rings. The summed E-state index contributed by atoms with van der Waals surface area (Å²) >= 11 is 5.70. The number of anilines is 1. The van der Waals surface area contributed by atoms with E-state index >= 15 is 0 Å². The Balaban J connectivity index is 1.96. The minimum Gasteiger partial charge on any atom is -0.366 e. The largest absolute Gasteiger partial charge is 0.366 e. The van der Waals surface area contributed by atoms with Crippen molar-refractivity contribution in [2.75, 3.05) is 5.32 Å². The summed E-state index contributed by atoms with van der Waals surface area (Å²) in [5.74, 6) is 2.38. The maximum absolute atomic E-state index is 5.70. The van der Waals surface area contributed by atoms with Gasteiger partial charge in [-0.25, -0.2) is 0 Å². The van der Waals surface area contributed by atoms with Gasteiger partial charge in [-0.05, 0) is 43.2 Å². The second-order valence-corrected chi connectivity index (χ2v) is 5.27. The summed E-state index contributed by atoms with van der Waals surface area (Å²) in [5, 5.41) is 11.8. The van der Waals surface area contributed by atoms with Gasteiger partial charge in [0.2, 0.25) is 0 Å². The summed E-state index contributed by atoms with van der Waals surface area (Å²) in [6.45, 7) is 4.63. The molecule has 4 heteroatoms. The van der Waals surface area contributed by atoms with Crippen LogP contribution in [0.15, 0.2) is 12.1 Å². The van der Waals surface area contributed by atoms with Gasteiger partial charge in [-0.15, -0.1) is 10.2 Å². The van der Waals surface area contributed by atoms with Crippen LogP contribution in [0.2, 0.25) is 5.15 Å². The van der Waals surface area contributed by atoms with Gasteiger partial charge < -0.3 is 5.32 Å². The molecule has 1 saturated carbocycles. The zero-order valence-corrected chi connectivity index (χ0v) is 10.5. The number of hydrogen-bond donors (Lipinski definition) is 1. The molecule has 1 aromatic rings. The molecule has 0 amide bonds.